The van der Waals surface area contributed by atoms with Gasteiger partial charge in [-0.2, -0.15) is 0 Å². The fourth-order valence-corrected chi connectivity index (χ4v) is 3.97. The molecule has 0 spiro atoms. The molecule has 3 aliphatic heterocycles. The monoisotopic (exact) mass is 342 g/mol. The Labute approximate surface area is 154 Å². The molecule has 4 nitrogen and oxygen atoms in total. The Morgan fingerprint density at radius 1 is 1.15 bits per heavy atom. The van der Waals surface area contributed by atoms with E-state index in [2.05, 4.69) is 72.7 Å². The molecule has 0 aromatic heterocycles. The molecule has 2 aromatic rings. The lowest BCUT2D eigenvalue weighted by Gasteiger charge is -2.37. The number of allylic oxidation sites excluding steroid dienone is 1. The van der Waals surface area contributed by atoms with Gasteiger partial charge in [-0.3, -0.25) is 4.99 Å². The fraction of sp³-hybridized carbons (Fsp3) is 0.227. The Hall–Kier alpha value is -2.69. The number of benzene rings is 2. The molecule has 5 rings (SSSR count). The van der Waals surface area contributed by atoms with Crippen molar-refractivity contribution in [2.45, 2.75) is 19.3 Å². The lowest BCUT2D eigenvalue weighted by Crippen LogP contribution is -3.05. The highest BCUT2D eigenvalue weighted by molar-refractivity contribution is 6.09. The van der Waals surface area contributed by atoms with E-state index < -0.39 is 0 Å². The lowest BCUT2D eigenvalue weighted by atomic mass is 9.88. The van der Waals surface area contributed by atoms with Crippen molar-refractivity contribution in [2.24, 2.45) is 4.99 Å². The first-order valence-corrected chi connectivity index (χ1v) is 9.29. The van der Waals surface area contributed by atoms with Crippen LogP contribution in [0.2, 0.25) is 0 Å². The Kier molecular flexibility index (Phi) is 3.73. The average Bonchev–Trinajstić information content (AvgIpc) is 3.13. The minimum absolute atomic E-state index is 0.481. The van der Waals surface area contributed by atoms with Gasteiger partial charge in [0.25, 0.3) is 0 Å². The largest absolute Gasteiger partial charge is 0.397 e. The van der Waals surface area contributed by atoms with Gasteiger partial charge in [0.15, 0.2) is 0 Å². The average molecular weight is 342 g/mol. The molecule has 0 amide bonds. The highest BCUT2D eigenvalue weighted by atomic mass is 15.8. The number of hydrogen-bond donors (Lipinski definition) is 1. The third-order valence-electron chi connectivity index (χ3n) is 5.33. The van der Waals surface area contributed by atoms with E-state index in [1.807, 2.05) is 11.1 Å². The van der Waals surface area contributed by atoms with Gasteiger partial charge in [0.2, 0.25) is 0 Å². The molecule has 130 valence electrons. The maximum Gasteiger partial charge on any atom is 0.145 e. The number of rotatable bonds is 2. The molecule has 0 aliphatic carbocycles. The SMILES string of the molecule is CC1C[NH+]2[N-]N(c3ccccc3)C=C2c2cc(C3=NCCC=C3)ccc21. The molecule has 0 fully saturated rings. The molecule has 26 heavy (non-hydrogen) atoms. The van der Waals surface area contributed by atoms with E-state index in [1.165, 1.54) is 27.4 Å². The molecule has 0 saturated heterocycles. The molecule has 0 radical (unpaired) electrons. The van der Waals surface area contributed by atoms with Crippen LogP contribution in [0.3, 0.4) is 0 Å². The summed E-state index contributed by atoms with van der Waals surface area (Å²) in [5.41, 5.74) is 12.3. The molecule has 2 unspecified atom stereocenters. The first kappa shape index (κ1) is 15.6. The summed E-state index contributed by atoms with van der Waals surface area (Å²) < 4.78 is 0. The molecule has 1 N–H and O–H groups in total. The predicted molar refractivity (Wildman–Crippen MR) is 106 cm³/mol. The Morgan fingerprint density at radius 3 is 2.85 bits per heavy atom. The number of nitrogens with one attached hydrogen (secondary N) is 1. The van der Waals surface area contributed by atoms with Crippen LogP contribution >= 0.6 is 0 Å². The van der Waals surface area contributed by atoms with Gasteiger partial charge in [-0.1, -0.05) is 43.3 Å². The smallest absolute Gasteiger partial charge is 0.145 e. The van der Waals surface area contributed by atoms with Crippen molar-refractivity contribution >= 4 is 17.1 Å². The number of fused-ring (bicyclic) bond motifs is 3. The van der Waals surface area contributed by atoms with E-state index >= 15 is 0 Å². The van der Waals surface area contributed by atoms with Gasteiger partial charge < -0.3 is 15.6 Å². The zero-order valence-corrected chi connectivity index (χ0v) is 14.9. The first-order valence-electron chi connectivity index (χ1n) is 9.29. The quantitative estimate of drug-likeness (QED) is 0.891. The van der Waals surface area contributed by atoms with Crippen molar-refractivity contribution in [3.8, 4) is 0 Å². The number of quaternary nitrogens is 1. The van der Waals surface area contributed by atoms with Crippen molar-refractivity contribution in [1.29, 1.82) is 0 Å². The van der Waals surface area contributed by atoms with Gasteiger partial charge in [0, 0.05) is 29.3 Å². The van der Waals surface area contributed by atoms with E-state index in [0.29, 0.717) is 5.92 Å². The highest BCUT2D eigenvalue weighted by Gasteiger charge is 2.31. The van der Waals surface area contributed by atoms with Gasteiger partial charge in [0.05, 0.1) is 18.5 Å². The molecule has 3 aliphatic rings. The summed E-state index contributed by atoms with van der Waals surface area (Å²) in [5.74, 6) is 0.481. The molecule has 3 heterocycles. The van der Waals surface area contributed by atoms with Crippen molar-refractivity contribution in [2.75, 3.05) is 18.1 Å². The van der Waals surface area contributed by atoms with Crippen LogP contribution < -0.4 is 10.0 Å². The van der Waals surface area contributed by atoms with Gasteiger partial charge in [-0.15, -0.1) is 0 Å². The maximum absolute atomic E-state index is 4.88. The Bertz CT molecular complexity index is 926. The standard InChI is InChI=1S/C22H22N4/c1-16-14-26-22(15-25(24-26)18-7-3-2-4-8-18)20-13-17(10-11-19(16)20)21-9-5-6-12-23-21/h2-5,7-11,13,15-16,26H,6,12,14H2,1H3. The molecular formula is C22H22N4. The minimum Gasteiger partial charge on any atom is -0.397 e. The van der Waals surface area contributed by atoms with Crippen LogP contribution in [0.15, 0.2) is 71.9 Å². The normalized spacial score (nSPS) is 24.0. The van der Waals surface area contributed by atoms with Gasteiger partial charge in [0.1, 0.15) is 5.70 Å². The minimum atomic E-state index is 0.481. The Balaban J connectivity index is 1.57. The van der Waals surface area contributed by atoms with E-state index in [-0.39, 0.29) is 0 Å². The van der Waals surface area contributed by atoms with Crippen molar-refractivity contribution in [3.05, 3.63) is 89.1 Å². The number of anilines is 1. The summed E-state index contributed by atoms with van der Waals surface area (Å²) in [7, 11) is 0. The maximum atomic E-state index is 4.88. The molecular weight excluding hydrogens is 320 g/mol. The number of aliphatic imine (C=N–C) groups is 1. The van der Waals surface area contributed by atoms with Crippen LogP contribution in [0.1, 0.15) is 36.0 Å². The predicted octanol–water partition coefficient (Wildman–Crippen LogP) is 3.46. The summed E-state index contributed by atoms with van der Waals surface area (Å²) >= 11 is 0. The second kappa shape index (κ2) is 6.24. The van der Waals surface area contributed by atoms with Crippen LogP contribution in [0.5, 0.6) is 0 Å². The van der Waals surface area contributed by atoms with Crippen molar-refractivity contribution < 1.29 is 5.01 Å². The number of dihydropyridines is 1. The van der Waals surface area contributed by atoms with E-state index in [1.54, 1.807) is 0 Å². The molecule has 0 bridgehead atoms. The van der Waals surface area contributed by atoms with Crippen molar-refractivity contribution in [3.63, 3.8) is 0 Å². The van der Waals surface area contributed by atoms with E-state index in [9.17, 15) is 0 Å². The topological polar surface area (TPSA) is 34.1 Å². The second-order valence-corrected chi connectivity index (χ2v) is 7.13. The van der Waals surface area contributed by atoms with Crippen LogP contribution in [0.4, 0.5) is 5.69 Å². The zero-order valence-electron chi connectivity index (χ0n) is 14.9. The van der Waals surface area contributed by atoms with Crippen LogP contribution in [-0.4, -0.2) is 18.8 Å². The summed E-state index contributed by atoms with van der Waals surface area (Å²) in [5, 5.41) is 3.20. The summed E-state index contributed by atoms with van der Waals surface area (Å²) in [6, 6.07) is 17.1. The number of para-hydroxylation sites is 1. The summed E-state index contributed by atoms with van der Waals surface area (Å²) in [6.07, 6.45) is 7.58. The van der Waals surface area contributed by atoms with Crippen molar-refractivity contribution in [1.82, 2.24) is 0 Å². The number of hydrogen-bond acceptors (Lipinski definition) is 2. The Morgan fingerprint density at radius 2 is 2.04 bits per heavy atom. The molecule has 2 atom stereocenters. The van der Waals surface area contributed by atoms with E-state index in [0.717, 1.165) is 30.9 Å². The second-order valence-electron chi connectivity index (χ2n) is 7.13. The van der Waals surface area contributed by atoms with Crippen LogP contribution in [-0.2, 0) is 0 Å². The molecule has 4 heteroatoms. The third-order valence-corrected chi connectivity index (χ3v) is 5.33. The number of nitrogens with zero attached hydrogens (tertiary/aromatic N) is 3. The summed E-state index contributed by atoms with van der Waals surface area (Å²) in [4.78, 5) is 4.69. The van der Waals surface area contributed by atoms with Gasteiger partial charge in [-0.25, -0.2) is 0 Å². The summed E-state index contributed by atoms with van der Waals surface area (Å²) in [6.45, 7) is 4.17. The van der Waals surface area contributed by atoms with Crippen LogP contribution in [0, 0.1) is 0 Å². The fourth-order valence-electron chi connectivity index (χ4n) is 3.97. The molecule has 2 aromatic carbocycles. The van der Waals surface area contributed by atoms with Gasteiger partial charge >= 0.3 is 0 Å². The van der Waals surface area contributed by atoms with E-state index in [4.69, 9.17) is 5.53 Å². The zero-order chi connectivity index (χ0) is 17.5. The third kappa shape index (κ3) is 2.59. The first-order chi connectivity index (χ1) is 12.8. The highest BCUT2D eigenvalue weighted by Crippen LogP contribution is 2.32. The lowest BCUT2D eigenvalue weighted by molar-refractivity contribution is -0.784. The van der Waals surface area contributed by atoms with Crippen LogP contribution in [0.25, 0.3) is 11.2 Å². The molecule has 0 saturated carbocycles. The van der Waals surface area contributed by atoms with Gasteiger partial charge in [-0.05, 0) is 36.3 Å².